The van der Waals surface area contributed by atoms with Crippen molar-refractivity contribution in [1.29, 1.82) is 0 Å². The molecule has 2 aromatic heterocycles. The SMILES string of the molecule is c1ccc(-c2ccc3c(c2)oc2c(-c4ccccc4)ncnc23)cc1. The molecule has 2 heterocycles. The van der Waals surface area contributed by atoms with Gasteiger partial charge in [0.25, 0.3) is 0 Å². The van der Waals surface area contributed by atoms with Gasteiger partial charge in [-0.05, 0) is 23.3 Å². The van der Waals surface area contributed by atoms with Crippen molar-refractivity contribution in [3.8, 4) is 22.4 Å². The molecule has 0 aliphatic rings. The molecule has 0 bridgehead atoms. The van der Waals surface area contributed by atoms with Crippen LogP contribution in [0.1, 0.15) is 0 Å². The predicted molar refractivity (Wildman–Crippen MR) is 100 cm³/mol. The molecule has 3 aromatic carbocycles. The Bertz CT molecular complexity index is 1180. The van der Waals surface area contributed by atoms with Gasteiger partial charge in [-0.2, -0.15) is 0 Å². The van der Waals surface area contributed by atoms with Gasteiger partial charge in [-0.1, -0.05) is 66.7 Å². The van der Waals surface area contributed by atoms with E-state index in [0.29, 0.717) is 0 Å². The van der Waals surface area contributed by atoms with Crippen LogP contribution in [0.2, 0.25) is 0 Å². The average molecular weight is 322 g/mol. The molecule has 0 aliphatic carbocycles. The fourth-order valence-corrected chi connectivity index (χ4v) is 3.19. The van der Waals surface area contributed by atoms with Gasteiger partial charge in [-0.15, -0.1) is 0 Å². The van der Waals surface area contributed by atoms with Crippen molar-refractivity contribution < 1.29 is 4.42 Å². The highest BCUT2D eigenvalue weighted by Gasteiger charge is 2.14. The number of hydrogen-bond acceptors (Lipinski definition) is 3. The highest BCUT2D eigenvalue weighted by atomic mass is 16.3. The Morgan fingerprint density at radius 2 is 1.36 bits per heavy atom. The van der Waals surface area contributed by atoms with Gasteiger partial charge >= 0.3 is 0 Å². The minimum atomic E-state index is 0.730. The van der Waals surface area contributed by atoms with E-state index in [1.807, 2.05) is 48.5 Å². The number of nitrogens with zero attached hydrogens (tertiary/aromatic N) is 2. The molecule has 3 nitrogen and oxygen atoms in total. The molecular weight excluding hydrogens is 308 g/mol. The lowest BCUT2D eigenvalue weighted by atomic mass is 10.0. The molecule has 0 amide bonds. The summed E-state index contributed by atoms with van der Waals surface area (Å²) >= 11 is 0. The fraction of sp³-hybridized carbons (Fsp3) is 0. The topological polar surface area (TPSA) is 38.9 Å². The summed E-state index contributed by atoms with van der Waals surface area (Å²) in [5.41, 5.74) is 6.55. The Hall–Kier alpha value is -3.46. The molecule has 0 fully saturated rings. The van der Waals surface area contributed by atoms with E-state index in [4.69, 9.17) is 4.42 Å². The summed E-state index contributed by atoms with van der Waals surface area (Å²) < 4.78 is 6.18. The van der Waals surface area contributed by atoms with Crippen molar-refractivity contribution in [2.45, 2.75) is 0 Å². The van der Waals surface area contributed by atoms with Gasteiger partial charge in [-0.3, -0.25) is 0 Å². The summed E-state index contributed by atoms with van der Waals surface area (Å²) in [4.78, 5) is 8.90. The maximum Gasteiger partial charge on any atom is 0.180 e. The highest BCUT2D eigenvalue weighted by Crippen LogP contribution is 2.34. The van der Waals surface area contributed by atoms with Crippen molar-refractivity contribution in [1.82, 2.24) is 9.97 Å². The van der Waals surface area contributed by atoms with Crippen molar-refractivity contribution in [3.05, 3.63) is 85.2 Å². The molecule has 0 saturated heterocycles. The van der Waals surface area contributed by atoms with E-state index in [2.05, 4.69) is 40.3 Å². The van der Waals surface area contributed by atoms with E-state index in [1.54, 1.807) is 6.33 Å². The van der Waals surface area contributed by atoms with Crippen molar-refractivity contribution >= 4 is 22.1 Å². The van der Waals surface area contributed by atoms with Gasteiger partial charge in [0, 0.05) is 10.9 Å². The van der Waals surface area contributed by atoms with Crippen LogP contribution in [-0.2, 0) is 0 Å². The minimum Gasteiger partial charge on any atom is -0.452 e. The molecule has 5 rings (SSSR count). The molecule has 0 atom stereocenters. The summed E-state index contributed by atoms with van der Waals surface area (Å²) in [6.45, 7) is 0. The molecular formula is C22H14N2O. The standard InChI is InChI=1S/C22H14N2O/c1-3-7-15(8-4-1)17-11-12-18-19(13-17)25-22-20(23-14-24-21(18)22)16-9-5-2-6-10-16/h1-14H. The molecule has 0 radical (unpaired) electrons. The van der Waals surface area contributed by atoms with Crippen LogP contribution in [0.3, 0.4) is 0 Å². The maximum absolute atomic E-state index is 6.18. The Balaban J connectivity index is 1.76. The van der Waals surface area contributed by atoms with E-state index in [9.17, 15) is 0 Å². The summed E-state index contributed by atoms with van der Waals surface area (Å²) in [5, 5.41) is 1.01. The van der Waals surface area contributed by atoms with Gasteiger partial charge in [-0.25, -0.2) is 9.97 Å². The van der Waals surface area contributed by atoms with Crippen molar-refractivity contribution in [3.63, 3.8) is 0 Å². The third-order valence-corrected chi connectivity index (χ3v) is 4.41. The van der Waals surface area contributed by atoms with Crippen molar-refractivity contribution in [2.75, 3.05) is 0 Å². The Morgan fingerprint density at radius 3 is 2.12 bits per heavy atom. The molecule has 5 aromatic rings. The minimum absolute atomic E-state index is 0.730. The molecule has 118 valence electrons. The zero-order valence-corrected chi connectivity index (χ0v) is 13.4. The Morgan fingerprint density at radius 1 is 0.640 bits per heavy atom. The van der Waals surface area contributed by atoms with Gasteiger partial charge < -0.3 is 4.42 Å². The second-order valence-electron chi connectivity index (χ2n) is 5.95. The monoisotopic (exact) mass is 322 g/mol. The summed E-state index contributed by atoms with van der Waals surface area (Å²) in [5.74, 6) is 0. The first-order valence-corrected chi connectivity index (χ1v) is 8.18. The highest BCUT2D eigenvalue weighted by molar-refractivity contribution is 6.07. The number of aromatic nitrogens is 2. The summed E-state index contributed by atoms with van der Waals surface area (Å²) in [6, 6.07) is 26.6. The Labute approximate surface area is 144 Å². The zero-order chi connectivity index (χ0) is 16.6. The molecule has 0 saturated carbocycles. The van der Waals surface area contributed by atoms with Crippen LogP contribution in [0.15, 0.2) is 89.6 Å². The normalized spacial score (nSPS) is 11.2. The van der Waals surface area contributed by atoms with Gasteiger partial charge in [0.05, 0.1) is 0 Å². The smallest absolute Gasteiger partial charge is 0.180 e. The van der Waals surface area contributed by atoms with Crippen LogP contribution < -0.4 is 0 Å². The first kappa shape index (κ1) is 13.9. The predicted octanol–water partition coefficient (Wildman–Crippen LogP) is 5.71. The average Bonchev–Trinajstić information content (AvgIpc) is 3.07. The van der Waals surface area contributed by atoms with E-state index in [1.165, 1.54) is 5.56 Å². The third-order valence-electron chi connectivity index (χ3n) is 4.41. The lowest BCUT2D eigenvalue weighted by molar-refractivity contribution is 0.667. The van der Waals surface area contributed by atoms with Crippen LogP contribution in [0, 0.1) is 0 Å². The number of benzene rings is 3. The number of rotatable bonds is 2. The number of fused-ring (bicyclic) bond motifs is 3. The van der Waals surface area contributed by atoms with Crippen molar-refractivity contribution in [2.24, 2.45) is 0 Å². The number of hydrogen-bond donors (Lipinski definition) is 0. The lowest BCUT2D eigenvalue weighted by Gasteiger charge is -2.00. The Kier molecular flexibility index (Phi) is 3.10. The second-order valence-corrected chi connectivity index (χ2v) is 5.95. The van der Waals surface area contributed by atoms with Crippen LogP contribution in [0.4, 0.5) is 0 Å². The van der Waals surface area contributed by atoms with Gasteiger partial charge in [0.1, 0.15) is 23.1 Å². The first-order valence-electron chi connectivity index (χ1n) is 8.18. The summed E-state index contributed by atoms with van der Waals surface area (Å²) in [6.07, 6.45) is 1.60. The van der Waals surface area contributed by atoms with E-state index in [-0.39, 0.29) is 0 Å². The van der Waals surface area contributed by atoms with Gasteiger partial charge in [0.15, 0.2) is 5.58 Å². The lowest BCUT2D eigenvalue weighted by Crippen LogP contribution is -1.85. The van der Waals surface area contributed by atoms with Crippen LogP contribution >= 0.6 is 0 Å². The quantitative estimate of drug-likeness (QED) is 0.418. The maximum atomic E-state index is 6.18. The molecule has 25 heavy (non-hydrogen) atoms. The van der Waals surface area contributed by atoms with E-state index in [0.717, 1.165) is 38.9 Å². The number of furan rings is 1. The third kappa shape index (κ3) is 2.29. The largest absolute Gasteiger partial charge is 0.452 e. The second kappa shape index (κ2) is 5.56. The molecule has 0 N–H and O–H groups in total. The van der Waals surface area contributed by atoms with Gasteiger partial charge in [0.2, 0.25) is 0 Å². The molecule has 0 aliphatic heterocycles. The summed E-state index contributed by atoms with van der Waals surface area (Å²) in [7, 11) is 0. The molecule has 0 unspecified atom stereocenters. The van der Waals surface area contributed by atoms with E-state index < -0.39 is 0 Å². The first-order chi connectivity index (χ1) is 12.4. The fourth-order valence-electron chi connectivity index (χ4n) is 3.19. The van der Waals surface area contributed by atoms with Crippen LogP contribution in [-0.4, -0.2) is 9.97 Å². The molecule has 0 spiro atoms. The zero-order valence-electron chi connectivity index (χ0n) is 13.4. The van der Waals surface area contributed by atoms with Crippen LogP contribution in [0.5, 0.6) is 0 Å². The van der Waals surface area contributed by atoms with Crippen LogP contribution in [0.25, 0.3) is 44.5 Å². The molecule has 3 heteroatoms. The van der Waals surface area contributed by atoms with E-state index >= 15 is 0 Å².